The third-order valence-electron chi connectivity index (χ3n) is 4.70. The molecule has 0 atom stereocenters. The van der Waals surface area contributed by atoms with E-state index >= 15 is 0 Å². The summed E-state index contributed by atoms with van der Waals surface area (Å²) in [6, 6.07) is 13.7. The zero-order valence-corrected chi connectivity index (χ0v) is 14.3. The lowest BCUT2D eigenvalue weighted by Gasteiger charge is -2.31. The molecule has 132 valence electrons. The minimum atomic E-state index is -0.429. The minimum Gasteiger partial charge on any atom is -0.380 e. The molecule has 0 aliphatic heterocycles. The number of hydrogen-bond acceptors (Lipinski definition) is 2. The van der Waals surface area contributed by atoms with E-state index in [0.717, 1.165) is 42.5 Å². The summed E-state index contributed by atoms with van der Waals surface area (Å²) in [6.45, 7) is 0.497. The van der Waals surface area contributed by atoms with Crippen molar-refractivity contribution in [3.8, 4) is 0 Å². The lowest BCUT2D eigenvalue weighted by atomic mass is 9.88. The molecular weight excluding hydrogens is 319 g/mol. The van der Waals surface area contributed by atoms with Gasteiger partial charge < -0.3 is 15.4 Å². The van der Waals surface area contributed by atoms with E-state index < -0.39 is 5.54 Å². The van der Waals surface area contributed by atoms with E-state index in [2.05, 4.69) is 10.6 Å². The topological polar surface area (TPSA) is 50.4 Å². The van der Waals surface area contributed by atoms with Crippen molar-refractivity contribution in [2.24, 2.45) is 0 Å². The third kappa shape index (κ3) is 4.17. The van der Waals surface area contributed by atoms with Crippen LogP contribution >= 0.6 is 0 Å². The Balaban J connectivity index is 1.73. The Kier molecular flexibility index (Phi) is 5.34. The molecule has 0 spiro atoms. The quantitative estimate of drug-likeness (QED) is 0.837. The van der Waals surface area contributed by atoms with E-state index in [4.69, 9.17) is 4.74 Å². The second-order valence-electron chi connectivity index (χ2n) is 6.51. The van der Waals surface area contributed by atoms with Crippen molar-refractivity contribution in [1.82, 2.24) is 5.32 Å². The summed E-state index contributed by atoms with van der Waals surface area (Å²) >= 11 is 0. The maximum absolute atomic E-state index is 13.2. The standard InChI is InChI=1S/C20H23FN2O2/c1-25-14-15-5-4-6-18(13-15)22-19(24)23-20(11-2-3-12-20)16-7-9-17(21)10-8-16/h4-10,13H,2-3,11-12,14H2,1H3,(H2,22,23,24). The number of amides is 2. The van der Waals surface area contributed by atoms with Crippen LogP contribution in [0.1, 0.15) is 36.8 Å². The van der Waals surface area contributed by atoms with Gasteiger partial charge in [-0.1, -0.05) is 37.1 Å². The van der Waals surface area contributed by atoms with E-state index in [0.29, 0.717) is 6.61 Å². The molecule has 5 heteroatoms. The molecule has 0 aromatic heterocycles. The van der Waals surface area contributed by atoms with Crippen molar-refractivity contribution in [2.45, 2.75) is 37.8 Å². The number of ether oxygens (including phenoxy) is 1. The Labute approximate surface area is 147 Å². The summed E-state index contributed by atoms with van der Waals surface area (Å²) in [5.41, 5.74) is 2.24. The molecule has 0 heterocycles. The van der Waals surface area contributed by atoms with E-state index in [-0.39, 0.29) is 11.8 Å². The van der Waals surface area contributed by atoms with Gasteiger partial charge in [-0.3, -0.25) is 0 Å². The summed E-state index contributed by atoms with van der Waals surface area (Å²) in [7, 11) is 1.64. The number of anilines is 1. The van der Waals surface area contributed by atoms with Crippen LogP contribution in [0.3, 0.4) is 0 Å². The first-order valence-corrected chi connectivity index (χ1v) is 8.54. The molecule has 0 radical (unpaired) electrons. The molecular formula is C20H23FN2O2. The Morgan fingerprint density at radius 2 is 1.88 bits per heavy atom. The Bertz CT molecular complexity index is 725. The van der Waals surface area contributed by atoms with Crippen LogP contribution in [0.5, 0.6) is 0 Å². The highest BCUT2D eigenvalue weighted by molar-refractivity contribution is 5.90. The molecule has 25 heavy (non-hydrogen) atoms. The van der Waals surface area contributed by atoms with Gasteiger partial charge in [0.15, 0.2) is 0 Å². The second kappa shape index (κ2) is 7.66. The Hall–Kier alpha value is -2.40. The van der Waals surface area contributed by atoms with Crippen LogP contribution in [0.4, 0.5) is 14.9 Å². The average molecular weight is 342 g/mol. The highest BCUT2D eigenvalue weighted by Crippen LogP contribution is 2.38. The molecule has 0 bridgehead atoms. The first kappa shape index (κ1) is 17.4. The lowest BCUT2D eigenvalue weighted by molar-refractivity contribution is 0.185. The van der Waals surface area contributed by atoms with Gasteiger partial charge in [0.1, 0.15) is 5.82 Å². The predicted octanol–water partition coefficient (Wildman–Crippen LogP) is 4.56. The summed E-state index contributed by atoms with van der Waals surface area (Å²) in [4.78, 5) is 12.6. The number of hydrogen-bond donors (Lipinski definition) is 2. The van der Waals surface area contributed by atoms with Gasteiger partial charge in [-0.25, -0.2) is 9.18 Å². The summed E-state index contributed by atoms with van der Waals surface area (Å²) in [5, 5.41) is 6.02. The van der Waals surface area contributed by atoms with Crippen LogP contribution in [0, 0.1) is 5.82 Å². The number of urea groups is 1. The van der Waals surface area contributed by atoms with Crippen molar-refractivity contribution in [3.63, 3.8) is 0 Å². The molecule has 0 unspecified atom stereocenters. The van der Waals surface area contributed by atoms with E-state index in [1.54, 1.807) is 19.2 Å². The maximum atomic E-state index is 13.2. The van der Waals surface area contributed by atoms with Gasteiger partial charge in [0.05, 0.1) is 12.1 Å². The van der Waals surface area contributed by atoms with Gasteiger partial charge >= 0.3 is 6.03 Å². The van der Waals surface area contributed by atoms with Crippen LogP contribution in [-0.4, -0.2) is 13.1 Å². The second-order valence-corrected chi connectivity index (χ2v) is 6.51. The number of rotatable bonds is 5. The minimum absolute atomic E-state index is 0.249. The largest absolute Gasteiger partial charge is 0.380 e. The first-order valence-electron chi connectivity index (χ1n) is 8.54. The van der Waals surface area contributed by atoms with Gasteiger partial charge in [-0.2, -0.15) is 0 Å². The lowest BCUT2D eigenvalue weighted by Crippen LogP contribution is -2.45. The van der Waals surface area contributed by atoms with Gasteiger partial charge in [0.2, 0.25) is 0 Å². The van der Waals surface area contributed by atoms with Crippen LogP contribution in [0.2, 0.25) is 0 Å². The fourth-order valence-corrected chi connectivity index (χ4v) is 3.52. The van der Waals surface area contributed by atoms with Gasteiger partial charge in [0, 0.05) is 12.8 Å². The zero-order chi connectivity index (χ0) is 17.7. The van der Waals surface area contributed by atoms with Crippen LogP contribution in [0.25, 0.3) is 0 Å². The number of carbonyl (C=O) groups is 1. The van der Waals surface area contributed by atoms with Gasteiger partial charge in [-0.15, -0.1) is 0 Å². The molecule has 0 saturated heterocycles. The molecule has 4 nitrogen and oxygen atoms in total. The highest BCUT2D eigenvalue weighted by Gasteiger charge is 2.37. The molecule has 2 aromatic rings. The normalized spacial score (nSPS) is 15.8. The summed E-state index contributed by atoms with van der Waals surface area (Å²) in [5.74, 6) is -0.267. The SMILES string of the molecule is COCc1cccc(NC(=O)NC2(c3ccc(F)cc3)CCCC2)c1. The third-order valence-corrected chi connectivity index (χ3v) is 4.70. The molecule has 2 amide bonds. The van der Waals surface area contributed by atoms with Crippen molar-refractivity contribution in [3.05, 3.63) is 65.5 Å². The molecule has 1 aliphatic rings. The molecule has 1 aliphatic carbocycles. The van der Waals surface area contributed by atoms with E-state index in [1.165, 1.54) is 12.1 Å². The van der Waals surface area contributed by atoms with E-state index in [9.17, 15) is 9.18 Å². The Morgan fingerprint density at radius 1 is 1.16 bits per heavy atom. The van der Waals surface area contributed by atoms with Crippen molar-refractivity contribution < 1.29 is 13.9 Å². The Morgan fingerprint density at radius 3 is 2.56 bits per heavy atom. The molecule has 2 aromatic carbocycles. The number of nitrogens with one attached hydrogen (secondary N) is 2. The number of halogens is 1. The molecule has 2 N–H and O–H groups in total. The van der Waals surface area contributed by atoms with Gasteiger partial charge in [-0.05, 0) is 48.2 Å². The summed E-state index contributed by atoms with van der Waals surface area (Å²) in [6.07, 6.45) is 3.80. The maximum Gasteiger partial charge on any atom is 0.319 e. The van der Waals surface area contributed by atoms with Crippen molar-refractivity contribution in [2.75, 3.05) is 12.4 Å². The molecule has 1 saturated carbocycles. The number of benzene rings is 2. The monoisotopic (exact) mass is 342 g/mol. The number of methoxy groups -OCH3 is 1. The van der Waals surface area contributed by atoms with Crippen LogP contribution in [-0.2, 0) is 16.9 Å². The smallest absolute Gasteiger partial charge is 0.319 e. The molecule has 3 rings (SSSR count). The predicted molar refractivity (Wildman–Crippen MR) is 95.9 cm³/mol. The van der Waals surface area contributed by atoms with Crippen molar-refractivity contribution >= 4 is 11.7 Å². The zero-order valence-electron chi connectivity index (χ0n) is 14.3. The summed E-state index contributed by atoms with van der Waals surface area (Å²) < 4.78 is 18.4. The van der Waals surface area contributed by atoms with Crippen LogP contribution < -0.4 is 10.6 Å². The average Bonchev–Trinajstić information content (AvgIpc) is 3.05. The number of carbonyl (C=O) groups excluding carboxylic acids is 1. The van der Waals surface area contributed by atoms with Crippen LogP contribution in [0.15, 0.2) is 48.5 Å². The van der Waals surface area contributed by atoms with E-state index in [1.807, 2.05) is 24.3 Å². The molecule has 1 fully saturated rings. The first-order chi connectivity index (χ1) is 12.1. The van der Waals surface area contributed by atoms with Gasteiger partial charge in [0.25, 0.3) is 0 Å². The fourth-order valence-electron chi connectivity index (χ4n) is 3.52. The van der Waals surface area contributed by atoms with Crippen molar-refractivity contribution in [1.29, 1.82) is 0 Å². The highest BCUT2D eigenvalue weighted by atomic mass is 19.1. The fraction of sp³-hybridized carbons (Fsp3) is 0.350.